The molecule has 2 heterocycles. The van der Waals surface area contributed by atoms with Crippen molar-refractivity contribution < 1.29 is 0 Å². The molecule has 6 nitrogen and oxygen atoms in total. The Morgan fingerprint density at radius 1 is 1.24 bits per heavy atom. The molecule has 0 radical (unpaired) electrons. The van der Waals surface area contributed by atoms with E-state index in [4.69, 9.17) is 4.99 Å². The number of halogens is 1. The zero-order chi connectivity index (χ0) is 17.1. The molecule has 2 N–H and O–H groups in total. The van der Waals surface area contributed by atoms with Gasteiger partial charge in [0.2, 0.25) is 0 Å². The fourth-order valence-electron chi connectivity index (χ4n) is 3.59. The molecule has 1 aliphatic carbocycles. The van der Waals surface area contributed by atoms with Crippen LogP contribution in [0.4, 0.5) is 0 Å². The fourth-order valence-corrected chi connectivity index (χ4v) is 3.59. The van der Waals surface area contributed by atoms with Gasteiger partial charge in [0.05, 0.1) is 12.2 Å². The van der Waals surface area contributed by atoms with Crippen LogP contribution in [0.25, 0.3) is 0 Å². The molecular formula is C18H33IN6. The summed E-state index contributed by atoms with van der Waals surface area (Å²) < 4.78 is 1.94. The number of rotatable bonds is 6. The van der Waals surface area contributed by atoms with E-state index in [-0.39, 0.29) is 24.0 Å². The van der Waals surface area contributed by atoms with E-state index in [1.807, 2.05) is 11.7 Å². The third-order valence-electron chi connectivity index (χ3n) is 5.34. The van der Waals surface area contributed by atoms with Crippen molar-refractivity contribution in [2.45, 2.75) is 52.6 Å². The first-order chi connectivity index (χ1) is 11.6. The molecule has 1 atom stereocenters. The van der Waals surface area contributed by atoms with E-state index in [1.54, 1.807) is 0 Å². The molecule has 25 heavy (non-hydrogen) atoms. The van der Waals surface area contributed by atoms with Crippen molar-refractivity contribution >= 4 is 29.9 Å². The average Bonchev–Trinajstić information content (AvgIpc) is 3.25. The molecule has 0 amide bonds. The van der Waals surface area contributed by atoms with Crippen molar-refractivity contribution in [2.24, 2.45) is 18.0 Å². The average molecular weight is 460 g/mol. The van der Waals surface area contributed by atoms with Gasteiger partial charge in [0.1, 0.15) is 0 Å². The van der Waals surface area contributed by atoms with Crippen LogP contribution in [-0.2, 0) is 13.6 Å². The van der Waals surface area contributed by atoms with E-state index in [0.29, 0.717) is 6.54 Å². The van der Waals surface area contributed by atoms with Gasteiger partial charge in [-0.1, -0.05) is 0 Å². The van der Waals surface area contributed by atoms with Gasteiger partial charge in [-0.3, -0.25) is 4.68 Å². The molecule has 2 aliphatic rings. The molecule has 1 unspecified atom stereocenters. The number of aliphatic imine (C=N–C) groups is 1. The Kier molecular flexibility index (Phi) is 7.54. The largest absolute Gasteiger partial charge is 0.357 e. The maximum absolute atomic E-state index is 4.77. The van der Waals surface area contributed by atoms with Crippen LogP contribution in [0.3, 0.4) is 0 Å². The first kappa shape index (κ1) is 20.5. The molecule has 0 bridgehead atoms. The number of guanidine groups is 1. The predicted octanol–water partition coefficient (Wildman–Crippen LogP) is 2.19. The zero-order valence-corrected chi connectivity index (χ0v) is 18.3. The summed E-state index contributed by atoms with van der Waals surface area (Å²) in [7, 11) is 1.99. The molecule has 1 saturated heterocycles. The molecule has 0 aromatic carbocycles. The highest BCUT2D eigenvalue weighted by atomic mass is 127. The molecule has 0 spiro atoms. The summed E-state index contributed by atoms with van der Waals surface area (Å²) in [5.41, 5.74) is 3.50. The lowest BCUT2D eigenvalue weighted by Gasteiger charge is -2.17. The highest BCUT2D eigenvalue weighted by molar-refractivity contribution is 14.0. The Balaban J connectivity index is 0.00000225. The molecule has 142 valence electrons. The van der Waals surface area contributed by atoms with Gasteiger partial charge in [0.25, 0.3) is 0 Å². The standard InChI is InChI=1S/C18H32N6.HI/c1-5-19-18(21-11-17-13(2)22-23(4)14(17)3)20-10-15-8-9-24(12-15)16-6-7-16;/h15-16H,5-12H2,1-4H3,(H2,19,20,21);1H. The highest BCUT2D eigenvalue weighted by Gasteiger charge is 2.34. The van der Waals surface area contributed by atoms with E-state index < -0.39 is 0 Å². The van der Waals surface area contributed by atoms with Crippen LogP contribution in [-0.4, -0.2) is 52.9 Å². The van der Waals surface area contributed by atoms with Crippen molar-refractivity contribution in [2.75, 3.05) is 26.2 Å². The Hall–Kier alpha value is -0.830. The molecular weight excluding hydrogens is 427 g/mol. The lowest BCUT2D eigenvalue weighted by molar-refractivity contribution is 0.314. The van der Waals surface area contributed by atoms with Gasteiger partial charge in [-0.05, 0) is 52.5 Å². The van der Waals surface area contributed by atoms with Crippen molar-refractivity contribution in [3.05, 3.63) is 17.0 Å². The van der Waals surface area contributed by atoms with Crippen molar-refractivity contribution in [3.8, 4) is 0 Å². The summed E-state index contributed by atoms with van der Waals surface area (Å²) in [4.78, 5) is 7.44. The second-order valence-corrected chi connectivity index (χ2v) is 7.23. The van der Waals surface area contributed by atoms with Gasteiger partial charge in [0, 0.05) is 44.0 Å². The van der Waals surface area contributed by atoms with Gasteiger partial charge in [-0.2, -0.15) is 5.10 Å². The van der Waals surface area contributed by atoms with Crippen LogP contribution in [0.15, 0.2) is 4.99 Å². The second kappa shape index (κ2) is 9.21. The summed E-state index contributed by atoms with van der Waals surface area (Å²) in [6.07, 6.45) is 4.13. The lowest BCUT2D eigenvalue weighted by atomic mass is 10.1. The molecule has 1 aromatic rings. The quantitative estimate of drug-likeness (QED) is 0.388. The summed E-state index contributed by atoms with van der Waals surface area (Å²) in [6, 6.07) is 0.897. The molecule has 1 saturated carbocycles. The molecule has 3 rings (SSSR count). The highest BCUT2D eigenvalue weighted by Crippen LogP contribution is 2.31. The smallest absolute Gasteiger partial charge is 0.191 e. The van der Waals surface area contributed by atoms with Crippen molar-refractivity contribution in [3.63, 3.8) is 0 Å². The number of aryl methyl sites for hydroxylation is 2. The number of hydrogen-bond acceptors (Lipinski definition) is 3. The summed E-state index contributed by atoms with van der Waals surface area (Å²) in [5, 5.41) is 11.4. The van der Waals surface area contributed by atoms with E-state index >= 15 is 0 Å². The second-order valence-electron chi connectivity index (χ2n) is 7.23. The Labute approximate surface area is 168 Å². The van der Waals surface area contributed by atoms with Gasteiger partial charge >= 0.3 is 0 Å². The summed E-state index contributed by atoms with van der Waals surface area (Å²) in [5.74, 6) is 1.67. The number of nitrogens with zero attached hydrogens (tertiary/aromatic N) is 4. The number of likely N-dealkylation sites (tertiary alicyclic amines) is 1. The van der Waals surface area contributed by atoms with Gasteiger partial charge in [-0.15, -0.1) is 24.0 Å². The minimum atomic E-state index is 0. The maximum atomic E-state index is 4.77. The van der Waals surface area contributed by atoms with Crippen LogP contribution in [0, 0.1) is 19.8 Å². The monoisotopic (exact) mass is 460 g/mol. The third kappa shape index (κ3) is 5.32. The van der Waals surface area contributed by atoms with Crippen LogP contribution in [0.5, 0.6) is 0 Å². The first-order valence-electron chi connectivity index (χ1n) is 9.33. The van der Waals surface area contributed by atoms with Crippen LogP contribution in [0.2, 0.25) is 0 Å². The number of aromatic nitrogens is 2. The summed E-state index contributed by atoms with van der Waals surface area (Å²) in [6.45, 7) is 11.4. The van der Waals surface area contributed by atoms with Crippen molar-refractivity contribution in [1.82, 2.24) is 25.3 Å². The normalized spacial score (nSPS) is 21.3. The molecule has 1 aromatic heterocycles. The molecule has 1 aliphatic heterocycles. The fraction of sp³-hybridized carbons (Fsp3) is 0.778. The van der Waals surface area contributed by atoms with E-state index in [1.165, 1.54) is 43.6 Å². The van der Waals surface area contributed by atoms with Gasteiger partial charge < -0.3 is 15.5 Å². The first-order valence-corrected chi connectivity index (χ1v) is 9.33. The lowest BCUT2D eigenvalue weighted by Crippen LogP contribution is -2.40. The van der Waals surface area contributed by atoms with Crippen LogP contribution < -0.4 is 10.6 Å². The van der Waals surface area contributed by atoms with Crippen molar-refractivity contribution in [1.29, 1.82) is 0 Å². The summed E-state index contributed by atoms with van der Waals surface area (Å²) >= 11 is 0. The van der Waals surface area contributed by atoms with E-state index in [2.05, 4.69) is 41.4 Å². The minimum Gasteiger partial charge on any atom is -0.357 e. The molecule has 2 fully saturated rings. The molecule has 7 heteroatoms. The zero-order valence-electron chi connectivity index (χ0n) is 16.0. The van der Waals surface area contributed by atoms with Crippen LogP contribution >= 0.6 is 24.0 Å². The number of nitrogens with one attached hydrogen (secondary N) is 2. The number of hydrogen-bond donors (Lipinski definition) is 2. The maximum Gasteiger partial charge on any atom is 0.191 e. The predicted molar refractivity (Wildman–Crippen MR) is 114 cm³/mol. The van der Waals surface area contributed by atoms with Gasteiger partial charge in [0.15, 0.2) is 5.96 Å². The van der Waals surface area contributed by atoms with E-state index in [0.717, 1.165) is 36.7 Å². The Morgan fingerprint density at radius 3 is 2.60 bits per heavy atom. The van der Waals surface area contributed by atoms with Gasteiger partial charge in [-0.25, -0.2) is 4.99 Å². The van der Waals surface area contributed by atoms with Crippen LogP contribution in [0.1, 0.15) is 43.1 Å². The SMILES string of the molecule is CCNC(=NCc1c(C)nn(C)c1C)NCC1CCN(C2CC2)C1.I. The topological polar surface area (TPSA) is 57.5 Å². The minimum absolute atomic E-state index is 0. The van der Waals surface area contributed by atoms with E-state index in [9.17, 15) is 0 Å². The Bertz CT molecular complexity index is 593. The third-order valence-corrected chi connectivity index (χ3v) is 5.34. The Morgan fingerprint density at radius 2 is 2.00 bits per heavy atom.